The zero-order valence-electron chi connectivity index (χ0n) is 26.4. The van der Waals surface area contributed by atoms with E-state index >= 15 is 0 Å². The van der Waals surface area contributed by atoms with Crippen LogP contribution in [0.3, 0.4) is 0 Å². The normalized spacial score (nSPS) is 51.9. The maximum absolute atomic E-state index is 12.8. The van der Waals surface area contributed by atoms with Gasteiger partial charge in [-0.25, -0.2) is 0 Å². The van der Waals surface area contributed by atoms with Crippen LogP contribution in [0.25, 0.3) is 0 Å². The van der Waals surface area contributed by atoms with E-state index in [2.05, 4.69) is 13.8 Å². The van der Waals surface area contributed by atoms with Gasteiger partial charge in [0.2, 0.25) is 5.91 Å². The van der Waals surface area contributed by atoms with Gasteiger partial charge in [0.15, 0.2) is 12.1 Å². The first-order valence-corrected chi connectivity index (χ1v) is 17.7. The summed E-state index contributed by atoms with van der Waals surface area (Å²) in [6.07, 6.45) is 15.0. The minimum atomic E-state index is -0.406. The van der Waals surface area contributed by atoms with Gasteiger partial charge in [-0.3, -0.25) is 9.59 Å². The smallest absolute Gasteiger partial charge is 0.223 e. The zero-order chi connectivity index (χ0) is 29.8. The van der Waals surface area contributed by atoms with Crippen molar-refractivity contribution in [2.45, 2.75) is 134 Å². The van der Waals surface area contributed by atoms with Gasteiger partial charge in [0.05, 0.1) is 31.5 Å². The quantitative estimate of drug-likeness (QED) is 0.452. The predicted molar refractivity (Wildman–Crippen MR) is 160 cm³/mol. The molecule has 0 aromatic carbocycles. The van der Waals surface area contributed by atoms with Crippen LogP contribution in [0.2, 0.25) is 0 Å². The molecule has 8 fully saturated rings. The van der Waals surface area contributed by atoms with Crippen LogP contribution in [0.4, 0.5) is 0 Å². The fraction of sp³-hybridized carbons (Fsp3) is 0.943. The third-order valence-electron chi connectivity index (χ3n) is 14.8. The lowest BCUT2D eigenvalue weighted by Crippen LogP contribution is -2.64. The third-order valence-corrected chi connectivity index (χ3v) is 14.8. The topological polar surface area (TPSA) is 111 Å². The lowest BCUT2D eigenvalue weighted by Gasteiger charge is -2.59. The average Bonchev–Trinajstić information content (AvgIpc) is 3.90. The van der Waals surface area contributed by atoms with Crippen molar-refractivity contribution in [3.8, 4) is 0 Å². The fourth-order valence-corrected chi connectivity index (χ4v) is 12.5. The van der Waals surface area contributed by atoms with E-state index in [0.717, 1.165) is 31.6 Å². The summed E-state index contributed by atoms with van der Waals surface area (Å²) in [4.78, 5) is 26.7. The number of carbonyl (C=O) groups excluding carboxylic acids is 2. The molecule has 0 radical (unpaired) electrons. The van der Waals surface area contributed by atoms with E-state index in [-0.39, 0.29) is 42.9 Å². The summed E-state index contributed by atoms with van der Waals surface area (Å²) in [6, 6.07) is 0. The molecule has 0 aromatic rings. The van der Waals surface area contributed by atoms with E-state index in [1.807, 2.05) is 4.90 Å². The molecule has 8 aliphatic rings. The number of Topliss-reactive ketones (excluding diaryl/α,β-unsaturated/α-hetero) is 1. The van der Waals surface area contributed by atoms with E-state index in [1.165, 1.54) is 51.4 Å². The summed E-state index contributed by atoms with van der Waals surface area (Å²) in [5.41, 5.74) is 8.04. The Morgan fingerprint density at radius 3 is 2.56 bits per heavy atom. The number of rotatable bonds is 7. The number of aliphatic hydroxyl groups excluding tert-OH is 1. The van der Waals surface area contributed by atoms with Crippen molar-refractivity contribution < 1.29 is 28.9 Å². The number of amides is 1. The standard InChI is InChI=1S/C35H54N2O6/c1-32-11-12-34-20-35(34)10-9-29(43-31-18-37(13-14-41-31)30(40)15-21-3-4-21)33(2,36)28(35)8-7-24(34)26(32)17-27-25(32)6-5-23(42-27)16-22(39)19-38/h21,23-29,31,38H,3-20,36H2,1-2H3. The first kappa shape index (κ1) is 29.3. The van der Waals surface area contributed by atoms with Crippen LogP contribution in [-0.4, -0.2) is 78.1 Å². The molecule has 8 heteroatoms. The first-order valence-electron chi connectivity index (χ1n) is 17.7. The van der Waals surface area contributed by atoms with Gasteiger partial charge in [-0.1, -0.05) is 6.92 Å². The minimum absolute atomic E-state index is 0.0219. The Morgan fingerprint density at radius 2 is 1.77 bits per heavy atom. The Bertz CT molecular complexity index is 1140. The van der Waals surface area contributed by atoms with Crippen LogP contribution in [0, 0.1) is 45.8 Å². The molecular weight excluding hydrogens is 544 g/mol. The summed E-state index contributed by atoms with van der Waals surface area (Å²) in [6.45, 7) is 6.18. The molecule has 3 N–H and O–H groups in total. The van der Waals surface area contributed by atoms with Crippen molar-refractivity contribution in [1.29, 1.82) is 0 Å². The molecule has 2 heterocycles. The second kappa shape index (κ2) is 10.2. The van der Waals surface area contributed by atoms with Gasteiger partial charge in [-0.05, 0) is 130 Å². The molecule has 240 valence electrons. The molecule has 12 unspecified atom stereocenters. The summed E-state index contributed by atoms with van der Waals surface area (Å²) in [5, 5.41) is 9.27. The van der Waals surface area contributed by atoms with E-state index in [1.54, 1.807) is 0 Å². The second-order valence-corrected chi connectivity index (χ2v) is 16.8. The Balaban J connectivity index is 0.947. The van der Waals surface area contributed by atoms with Crippen LogP contribution in [0.1, 0.15) is 104 Å². The molecule has 6 saturated carbocycles. The van der Waals surface area contributed by atoms with Crippen molar-refractivity contribution in [3.63, 3.8) is 0 Å². The van der Waals surface area contributed by atoms with Gasteiger partial charge >= 0.3 is 0 Å². The SMILES string of the molecule is CC1(N)C(OC2CN(C(=O)CC3CC3)CCO2)CCC23CC24CCC2(C)C5CCC(CC(=O)CO)OC5CC2C4CCC13. The first-order chi connectivity index (χ1) is 20.6. The molecule has 1 amide bonds. The fourth-order valence-electron chi connectivity index (χ4n) is 12.5. The lowest BCUT2D eigenvalue weighted by molar-refractivity contribution is -0.231. The van der Waals surface area contributed by atoms with Crippen LogP contribution < -0.4 is 5.73 Å². The number of nitrogens with two attached hydrogens (primary N) is 1. The highest BCUT2D eigenvalue weighted by molar-refractivity contribution is 5.79. The number of aliphatic hydroxyl groups is 1. The molecule has 0 bridgehead atoms. The number of carbonyl (C=O) groups is 2. The lowest BCUT2D eigenvalue weighted by atomic mass is 9.47. The van der Waals surface area contributed by atoms with Crippen molar-refractivity contribution in [3.05, 3.63) is 0 Å². The number of ether oxygens (including phenoxy) is 3. The second-order valence-electron chi connectivity index (χ2n) is 16.8. The van der Waals surface area contributed by atoms with Crippen LogP contribution >= 0.6 is 0 Å². The largest absolute Gasteiger partial charge is 0.389 e. The highest BCUT2D eigenvalue weighted by Gasteiger charge is 2.81. The highest BCUT2D eigenvalue weighted by Crippen LogP contribution is 2.86. The Morgan fingerprint density at radius 1 is 0.953 bits per heavy atom. The van der Waals surface area contributed by atoms with Crippen molar-refractivity contribution in [1.82, 2.24) is 4.90 Å². The summed E-state index contributed by atoms with van der Waals surface area (Å²) < 4.78 is 19.4. The molecule has 8 rings (SSSR count). The Hall–Kier alpha value is -1.06. The van der Waals surface area contributed by atoms with Crippen molar-refractivity contribution in [2.75, 3.05) is 26.3 Å². The monoisotopic (exact) mass is 598 g/mol. The number of nitrogens with zero attached hydrogens (tertiary/aromatic N) is 1. The maximum atomic E-state index is 12.8. The molecule has 6 aliphatic carbocycles. The van der Waals surface area contributed by atoms with Crippen LogP contribution in [-0.2, 0) is 23.8 Å². The average molecular weight is 599 g/mol. The van der Waals surface area contributed by atoms with Crippen LogP contribution in [0.15, 0.2) is 0 Å². The van der Waals surface area contributed by atoms with Crippen molar-refractivity contribution in [2.24, 2.45) is 51.6 Å². The van der Waals surface area contributed by atoms with Gasteiger partial charge in [-0.15, -0.1) is 0 Å². The molecular formula is C35H54N2O6. The van der Waals surface area contributed by atoms with E-state index in [9.17, 15) is 14.7 Å². The summed E-state index contributed by atoms with van der Waals surface area (Å²) in [5.74, 6) is 3.25. The molecule has 2 spiro atoms. The number of fused-ring (bicyclic) bond motifs is 4. The van der Waals surface area contributed by atoms with Gasteiger partial charge in [-0.2, -0.15) is 0 Å². The molecule has 43 heavy (non-hydrogen) atoms. The predicted octanol–water partition coefficient (Wildman–Crippen LogP) is 4.21. The molecule has 12 atom stereocenters. The molecule has 8 nitrogen and oxygen atoms in total. The van der Waals surface area contributed by atoms with Gasteiger partial charge < -0.3 is 30.0 Å². The number of ketones is 1. The maximum Gasteiger partial charge on any atom is 0.223 e. The molecule has 2 aliphatic heterocycles. The van der Waals surface area contributed by atoms with Gasteiger partial charge in [0.25, 0.3) is 0 Å². The zero-order valence-corrected chi connectivity index (χ0v) is 26.4. The van der Waals surface area contributed by atoms with Crippen molar-refractivity contribution >= 4 is 11.7 Å². The Kier molecular flexibility index (Phi) is 6.98. The van der Waals surface area contributed by atoms with Gasteiger partial charge in [0, 0.05) is 24.9 Å². The third kappa shape index (κ3) is 4.46. The van der Waals surface area contributed by atoms with Crippen LogP contribution in [0.5, 0.6) is 0 Å². The highest BCUT2D eigenvalue weighted by atomic mass is 16.7. The molecule has 2 saturated heterocycles. The number of morpholine rings is 1. The molecule has 0 aromatic heterocycles. The minimum Gasteiger partial charge on any atom is -0.389 e. The summed E-state index contributed by atoms with van der Waals surface area (Å²) >= 11 is 0. The van der Waals surface area contributed by atoms with E-state index in [4.69, 9.17) is 19.9 Å². The van der Waals surface area contributed by atoms with E-state index in [0.29, 0.717) is 72.5 Å². The number of hydrogen-bond acceptors (Lipinski definition) is 7. The Labute approximate surface area is 257 Å². The van der Waals surface area contributed by atoms with E-state index < -0.39 is 5.54 Å². The van der Waals surface area contributed by atoms with Gasteiger partial charge in [0.1, 0.15) is 6.61 Å². The number of hydrogen-bond donors (Lipinski definition) is 2. The summed E-state index contributed by atoms with van der Waals surface area (Å²) in [7, 11) is 0.